The molecule has 1 saturated heterocycles. The van der Waals surface area contributed by atoms with Crippen LogP contribution in [0.5, 0.6) is 0 Å². The van der Waals surface area contributed by atoms with Gasteiger partial charge in [0.15, 0.2) is 0 Å². The van der Waals surface area contributed by atoms with Crippen LogP contribution in [0.15, 0.2) is 0 Å². The first-order valence-electron chi connectivity index (χ1n) is 7.16. The van der Waals surface area contributed by atoms with Crippen LogP contribution < -0.4 is 5.32 Å². The normalized spacial score (nSPS) is 34.1. The van der Waals surface area contributed by atoms with E-state index in [-0.39, 0.29) is 0 Å². The smallest absolute Gasteiger partial charge is 0.00673 e. The Bertz CT molecular complexity index is 167. The molecule has 0 bridgehead atoms. The summed E-state index contributed by atoms with van der Waals surface area (Å²) in [5, 5.41) is 3.81. The molecule has 2 nitrogen and oxygen atoms in total. The van der Waals surface area contributed by atoms with Gasteiger partial charge in [-0.3, -0.25) is 0 Å². The number of piperidine rings is 1. The van der Waals surface area contributed by atoms with Gasteiger partial charge < -0.3 is 10.2 Å². The van der Waals surface area contributed by atoms with Gasteiger partial charge >= 0.3 is 0 Å². The van der Waals surface area contributed by atoms with Crippen molar-refractivity contribution in [1.82, 2.24) is 10.2 Å². The minimum absolute atomic E-state index is 0.829. The number of nitrogens with one attached hydrogen (secondary N) is 1. The summed E-state index contributed by atoms with van der Waals surface area (Å²) in [6, 6.07) is 0.829. The first-order valence-corrected chi connectivity index (χ1v) is 7.16. The van der Waals surface area contributed by atoms with Crippen LogP contribution >= 0.6 is 0 Å². The zero-order chi connectivity index (χ0) is 11.4. The molecule has 0 atom stereocenters. The standard InChI is InChI=1S/C14H28N2/c1-12-3-5-14(6-4-12)15-11-13-7-9-16(2)10-8-13/h12-15H,3-11H2,1-2H3. The third kappa shape index (κ3) is 3.74. The highest BCUT2D eigenvalue weighted by molar-refractivity contribution is 4.78. The lowest BCUT2D eigenvalue weighted by Crippen LogP contribution is -2.39. The fraction of sp³-hybridized carbons (Fsp3) is 1.00. The molecule has 1 N–H and O–H groups in total. The van der Waals surface area contributed by atoms with Gasteiger partial charge in [-0.15, -0.1) is 0 Å². The topological polar surface area (TPSA) is 15.3 Å². The maximum Gasteiger partial charge on any atom is 0.00673 e. The van der Waals surface area contributed by atoms with Crippen molar-refractivity contribution in [1.29, 1.82) is 0 Å². The fourth-order valence-electron chi connectivity index (χ4n) is 3.06. The van der Waals surface area contributed by atoms with E-state index in [1.54, 1.807) is 0 Å². The maximum absolute atomic E-state index is 3.81. The minimum atomic E-state index is 0.829. The van der Waals surface area contributed by atoms with Crippen LogP contribution in [-0.4, -0.2) is 37.6 Å². The molecule has 1 aliphatic heterocycles. The first kappa shape index (κ1) is 12.4. The SMILES string of the molecule is CC1CCC(NCC2CCN(C)CC2)CC1. The molecular weight excluding hydrogens is 196 g/mol. The molecule has 2 rings (SSSR count). The Labute approximate surface area is 101 Å². The average molecular weight is 224 g/mol. The average Bonchev–Trinajstić information content (AvgIpc) is 2.30. The summed E-state index contributed by atoms with van der Waals surface area (Å²) in [5.41, 5.74) is 0. The van der Waals surface area contributed by atoms with Crippen LogP contribution in [0, 0.1) is 11.8 Å². The van der Waals surface area contributed by atoms with Gasteiger partial charge in [-0.25, -0.2) is 0 Å². The summed E-state index contributed by atoms with van der Waals surface area (Å²) in [5.74, 6) is 1.91. The molecule has 16 heavy (non-hydrogen) atoms. The summed E-state index contributed by atoms with van der Waals surface area (Å²) >= 11 is 0. The summed E-state index contributed by atoms with van der Waals surface area (Å²) in [4.78, 5) is 2.46. The number of hydrogen-bond acceptors (Lipinski definition) is 2. The highest BCUT2D eigenvalue weighted by atomic mass is 15.1. The Kier molecular flexibility index (Phi) is 4.66. The van der Waals surface area contributed by atoms with Crippen LogP contribution in [0.25, 0.3) is 0 Å². The monoisotopic (exact) mass is 224 g/mol. The molecule has 0 spiro atoms. The van der Waals surface area contributed by atoms with Crippen molar-refractivity contribution in [2.24, 2.45) is 11.8 Å². The molecule has 0 unspecified atom stereocenters. The van der Waals surface area contributed by atoms with Crippen molar-refractivity contribution in [2.45, 2.75) is 51.5 Å². The third-order valence-electron chi connectivity index (χ3n) is 4.55. The highest BCUT2D eigenvalue weighted by Crippen LogP contribution is 2.24. The van der Waals surface area contributed by atoms with Crippen molar-refractivity contribution < 1.29 is 0 Å². The molecule has 0 aromatic heterocycles. The Morgan fingerprint density at radius 1 is 1.00 bits per heavy atom. The molecule has 94 valence electrons. The van der Waals surface area contributed by atoms with Crippen LogP contribution in [0.1, 0.15) is 45.4 Å². The Balaban J connectivity index is 1.60. The van der Waals surface area contributed by atoms with Crippen molar-refractivity contribution in [3.05, 3.63) is 0 Å². The number of rotatable bonds is 3. The van der Waals surface area contributed by atoms with E-state index in [9.17, 15) is 0 Å². The van der Waals surface area contributed by atoms with E-state index in [2.05, 4.69) is 24.2 Å². The molecule has 2 heteroatoms. The summed E-state index contributed by atoms with van der Waals surface area (Å²) < 4.78 is 0. The van der Waals surface area contributed by atoms with Gasteiger partial charge in [0.2, 0.25) is 0 Å². The molecule has 0 amide bonds. The zero-order valence-electron chi connectivity index (χ0n) is 11.0. The van der Waals surface area contributed by atoms with Crippen LogP contribution in [0.3, 0.4) is 0 Å². The van der Waals surface area contributed by atoms with Crippen molar-refractivity contribution >= 4 is 0 Å². The second-order valence-corrected chi connectivity index (χ2v) is 6.11. The van der Waals surface area contributed by atoms with Gasteiger partial charge in [0, 0.05) is 6.04 Å². The van der Waals surface area contributed by atoms with E-state index in [0.717, 1.165) is 17.9 Å². The van der Waals surface area contributed by atoms with Gasteiger partial charge in [0.05, 0.1) is 0 Å². The number of nitrogens with zero attached hydrogens (tertiary/aromatic N) is 1. The van der Waals surface area contributed by atoms with Crippen molar-refractivity contribution in [3.63, 3.8) is 0 Å². The van der Waals surface area contributed by atoms with E-state index in [4.69, 9.17) is 0 Å². The second-order valence-electron chi connectivity index (χ2n) is 6.11. The lowest BCUT2D eigenvalue weighted by Gasteiger charge is -2.32. The van der Waals surface area contributed by atoms with Gasteiger partial charge in [-0.2, -0.15) is 0 Å². The van der Waals surface area contributed by atoms with Gasteiger partial charge in [-0.05, 0) is 77.0 Å². The van der Waals surface area contributed by atoms with Gasteiger partial charge in [0.25, 0.3) is 0 Å². The molecule has 0 aromatic carbocycles. The van der Waals surface area contributed by atoms with E-state index in [1.807, 2.05) is 0 Å². The quantitative estimate of drug-likeness (QED) is 0.792. The fourth-order valence-corrected chi connectivity index (χ4v) is 3.06. The first-order chi connectivity index (χ1) is 7.74. The maximum atomic E-state index is 3.81. The molecule has 1 aliphatic carbocycles. The van der Waals surface area contributed by atoms with Gasteiger partial charge in [0.1, 0.15) is 0 Å². The Morgan fingerprint density at radius 2 is 1.62 bits per heavy atom. The Morgan fingerprint density at radius 3 is 2.25 bits per heavy atom. The largest absolute Gasteiger partial charge is 0.314 e. The predicted octanol–water partition coefficient (Wildman–Crippen LogP) is 2.50. The molecule has 0 aromatic rings. The summed E-state index contributed by atoms with van der Waals surface area (Å²) in [6.07, 6.45) is 8.48. The van der Waals surface area contributed by atoms with Crippen molar-refractivity contribution in [2.75, 3.05) is 26.7 Å². The lowest BCUT2D eigenvalue weighted by molar-refractivity contribution is 0.205. The van der Waals surface area contributed by atoms with E-state index in [1.165, 1.54) is 58.2 Å². The van der Waals surface area contributed by atoms with Crippen LogP contribution in [-0.2, 0) is 0 Å². The van der Waals surface area contributed by atoms with E-state index < -0.39 is 0 Å². The van der Waals surface area contributed by atoms with Crippen molar-refractivity contribution in [3.8, 4) is 0 Å². The zero-order valence-corrected chi connectivity index (χ0v) is 11.0. The molecule has 0 radical (unpaired) electrons. The molecular formula is C14H28N2. The lowest BCUT2D eigenvalue weighted by atomic mass is 9.87. The minimum Gasteiger partial charge on any atom is -0.314 e. The summed E-state index contributed by atoms with van der Waals surface area (Å²) in [6.45, 7) is 6.27. The van der Waals surface area contributed by atoms with E-state index >= 15 is 0 Å². The molecule has 2 aliphatic rings. The number of likely N-dealkylation sites (tertiary alicyclic amines) is 1. The second kappa shape index (κ2) is 6.02. The Hall–Kier alpha value is -0.0800. The molecule has 1 heterocycles. The predicted molar refractivity (Wildman–Crippen MR) is 69.6 cm³/mol. The molecule has 2 fully saturated rings. The highest BCUT2D eigenvalue weighted by Gasteiger charge is 2.20. The van der Waals surface area contributed by atoms with Crippen LogP contribution in [0.2, 0.25) is 0 Å². The molecule has 1 saturated carbocycles. The third-order valence-corrected chi connectivity index (χ3v) is 4.55. The summed E-state index contributed by atoms with van der Waals surface area (Å²) in [7, 11) is 2.24. The van der Waals surface area contributed by atoms with Crippen LogP contribution in [0.4, 0.5) is 0 Å². The number of hydrogen-bond donors (Lipinski definition) is 1. The van der Waals surface area contributed by atoms with E-state index in [0.29, 0.717) is 0 Å². The van der Waals surface area contributed by atoms with Gasteiger partial charge in [-0.1, -0.05) is 6.92 Å².